The number of carbonyl (C=O) groups excluding carboxylic acids is 1. The molecule has 4 nitrogen and oxygen atoms in total. The molecule has 1 heterocycles. The molecule has 24 heavy (non-hydrogen) atoms. The summed E-state index contributed by atoms with van der Waals surface area (Å²) in [6.07, 6.45) is 5.53. The number of thiazole rings is 1. The fraction of sp³-hybridized carbons (Fsp3) is 0.579. The minimum atomic E-state index is 0.0564. The highest BCUT2D eigenvalue weighted by Gasteiger charge is 2.21. The Bertz CT molecular complexity index is 798. The quantitative estimate of drug-likeness (QED) is 0.840. The van der Waals surface area contributed by atoms with Gasteiger partial charge in [0, 0.05) is 19.6 Å². The van der Waals surface area contributed by atoms with Crippen LogP contribution >= 0.6 is 11.3 Å². The zero-order chi connectivity index (χ0) is 17.1. The van der Waals surface area contributed by atoms with E-state index in [4.69, 9.17) is 4.74 Å². The summed E-state index contributed by atoms with van der Waals surface area (Å²) in [5, 5.41) is 0. The molecule has 1 aliphatic rings. The summed E-state index contributed by atoms with van der Waals surface area (Å²) in [5.74, 6) is 0.171. The number of aromatic nitrogens is 1. The van der Waals surface area contributed by atoms with E-state index in [0.717, 1.165) is 42.5 Å². The molecule has 0 saturated heterocycles. The largest absolute Gasteiger partial charge is 0.383 e. The van der Waals surface area contributed by atoms with Crippen LogP contribution in [-0.2, 0) is 16.1 Å². The van der Waals surface area contributed by atoms with Gasteiger partial charge in [-0.25, -0.2) is 0 Å². The van der Waals surface area contributed by atoms with Crippen LogP contribution in [0.1, 0.15) is 43.2 Å². The number of fused-ring (bicyclic) bond motifs is 1. The van der Waals surface area contributed by atoms with Gasteiger partial charge in [-0.05, 0) is 49.9 Å². The summed E-state index contributed by atoms with van der Waals surface area (Å²) in [4.78, 5) is 17.9. The average Bonchev–Trinajstić information content (AvgIpc) is 2.90. The van der Waals surface area contributed by atoms with Crippen molar-refractivity contribution < 1.29 is 9.53 Å². The predicted octanol–water partition coefficient (Wildman–Crippen LogP) is 3.97. The van der Waals surface area contributed by atoms with Gasteiger partial charge < -0.3 is 9.30 Å². The van der Waals surface area contributed by atoms with E-state index < -0.39 is 0 Å². The van der Waals surface area contributed by atoms with Gasteiger partial charge in [-0.3, -0.25) is 4.79 Å². The Balaban J connectivity index is 2.04. The molecular weight excluding hydrogens is 320 g/mol. The van der Waals surface area contributed by atoms with E-state index in [1.54, 1.807) is 18.4 Å². The van der Waals surface area contributed by atoms with E-state index in [0.29, 0.717) is 6.61 Å². The number of hydrogen-bond donors (Lipinski definition) is 0. The highest BCUT2D eigenvalue weighted by molar-refractivity contribution is 7.16. The molecule has 0 radical (unpaired) electrons. The first-order valence-electron chi connectivity index (χ1n) is 8.78. The SMILES string of the molecule is COCCn1c(=NC(=O)C2CCCCC2)sc2cc(C)c(C)cc21. The first kappa shape index (κ1) is 17.4. The van der Waals surface area contributed by atoms with Gasteiger partial charge in [0.25, 0.3) is 5.91 Å². The van der Waals surface area contributed by atoms with Gasteiger partial charge in [-0.15, -0.1) is 0 Å². The van der Waals surface area contributed by atoms with Gasteiger partial charge in [0.2, 0.25) is 0 Å². The van der Waals surface area contributed by atoms with Crippen LogP contribution in [0.15, 0.2) is 17.1 Å². The van der Waals surface area contributed by atoms with Crippen molar-refractivity contribution in [1.82, 2.24) is 4.57 Å². The number of aryl methyl sites for hydroxylation is 2. The van der Waals surface area contributed by atoms with E-state index in [2.05, 4.69) is 35.5 Å². The zero-order valence-electron chi connectivity index (χ0n) is 14.8. The fourth-order valence-corrected chi connectivity index (χ4v) is 4.48. The first-order valence-corrected chi connectivity index (χ1v) is 9.60. The molecule has 0 bridgehead atoms. The lowest BCUT2D eigenvalue weighted by Crippen LogP contribution is -2.23. The van der Waals surface area contributed by atoms with Gasteiger partial charge in [0.15, 0.2) is 4.80 Å². The Morgan fingerprint density at radius 2 is 1.96 bits per heavy atom. The van der Waals surface area contributed by atoms with E-state index in [1.807, 2.05) is 0 Å². The van der Waals surface area contributed by atoms with Crippen LogP contribution < -0.4 is 4.80 Å². The van der Waals surface area contributed by atoms with Gasteiger partial charge in [0.05, 0.1) is 16.8 Å². The molecule has 0 unspecified atom stereocenters. The minimum absolute atomic E-state index is 0.0564. The number of rotatable bonds is 4. The molecule has 3 rings (SSSR count). The van der Waals surface area contributed by atoms with Crippen LogP contribution in [0.25, 0.3) is 10.2 Å². The molecule has 1 saturated carbocycles. The molecule has 1 aromatic heterocycles. The number of nitrogens with zero attached hydrogens (tertiary/aromatic N) is 2. The highest BCUT2D eigenvalue weighted by Crippen LogP contribution is 2.25. The van der Waals surface area contributed by atoms with Gasteiger partial charge in [-0.2, -0.15) is 4.99 Å². The van der Waals surface area contributed by atoms with Crippen molar-refractivity contribution in [2.45, 2.75) is 52.5 Å². The number of methoxy groups -OCH3 is 1. The molecule has 1 amide bonds. The maximum atomic E-state index is 12.6. The van der Waals surface area contributed by atoms with Crippen molar-refractivity contribution in [2.75, 3.05) is 13.7 Å². The monoisotopic (exact) mass is 346 g/mol. The van der Waals surface area contributed by atoms with Crippen molar-refractivity contribution in [3.8, 4) is 0 Å². The van der Waals surface area contributed by atoms with Crippen LogP contribution in [0.5, 0.6) is 0 Å². The third-order valence-corrected chi connectivity index (χ3v) is 6.02. The lowest BCUT2D eigenvalue weighted by atomic mass is 9.89. The summed E-state index contributed by atoms with van der Waals surface area (Å²) in [6.45, 7) is 5.58. The Morgan fingerprint density at radius 3 is 2.67 bits per heavy atom. The van der Waals surface area contributed by atoms with E-state index >= 15 is 0 Å². The lowest BCUT2D eigenvalue weighted by molar-refractivity contribution is -0.122. The highest BCUT2D eigenvalue weighted by atomic mass is 32.1. The summed E-state index contributed by atoms with van der Waals surface area (Å²) in [6, 6.07) is 4.39. The van der Waals surface area contributed by atoms with E-state index in [-0.39, 0.29) is 11.8 Å². The smallest absolute Gasteiger partial charge is 0.251 e. The number of carbonyl (C=O) groups is 1. The van der Waals surface area contributed by atoms with Gasteiger partial charge in [0.1, 0.15) is 0 Å². The summed E-state index contributed by atoms with van der Waals surface area (Å²) < 4.78 is 8.57. The van der Waals surface area contributed by atoms with Crippen LogP contribution in [0.4, 0.5) is 0 Å². The third-order valence-electron chi connectivity index (χ3n) is 4.98. The Kier molecular flexibility index (Phi) is 5.51. The Morgan fingerprint density at radius 1 is 1.25 bits per heavy atom. The van der Waals surface area contributed by atoms with Crippen molar-refractivity contribution >= 4 is 27.5 Å². The second-order valence-corrected chi connectivity index (χ2v) is 7.73. The summed E-state index contributed by atoms with van der Waals surface area (Å²) >= 11 is 1.61. The van der Waals surface area contributed by atoms with Gasteiger partial charge >= 0.3 is 0 Å². The molecular formula is C19H26N2O2S. The van der Waals surface area contributed by atoms with Crippen LogP contribution in [-0.4, -0.2) is 24.2 Å². The molecule has 0 aliphatic heterocycles. The molecule has 1 fully saturated rings. The zero-order valence-corrected chi connectivity index (χ0v) is 15.6. The van der Waals surface area contributed by atoms with Crippen LogP contribution in [0.3, 0.4) is 0 Å². The van der Waals surface area contributed by atoms with Crippen molar-refractivity contribution in [3.05, 3.63) is 28.1 Å². The third kappa shape index (κ3) is 3.62. The van der Waals surface area contributed by atoms with Crippen LogP contribution in [0, 0.1) is 19.8 Å². The standard InChI is InChI=1S/C19H26N2O2S/c1-13-11-16-17(12-14(13)2)24-19(21(16)9-10-23-3)20-18(22)15-7-5-4-6-8-15/h11-12,15H,4-10H2,1-3H3. The van der Waals surface area contributed by atoms with Gasteiger partial charge in [-0.1, -0.05) is 30.6 Å². The number of benzene rings is 1. The Hall–Kier alpha value is -1.46. The van der Waals surface area contributed by atoms with Crippen molar-refractivity contribution in [2.24, 2.45) is 10.9 Å². The molecule has 130 valence electrons. The fourth-order valence-electron chi connectivity index (χ4n) is 3.34. The average molecular weight is 346 g/mol. The number of ether oxygens (including phenoxy) is 1. The molecule has 0 spiro atoms. The number of amides is 1. The maximum Gasteiger partial charge on any atom is 0.251 e. The second-order valence-electron chi connectivity index (χ2n) is 6.72. The molecule has 1 aliphatic carbocycles. The second kappa shape index (κ2) is 7.62. The van der Waals surface area contributed by atoms with Crippen molar-refractivity contribution in [1.29, 1.82) is 0 Å². The normalized spacial score (nSPS) is 16.9. The molecule has 2 aromatic rings. The first-order chi connectivity index (χ1) is 11.6. The van der Waals surface area contributed by atoms with Crippen LogP contribution in [0.2, 0.25) is 0 Å². The molecule has 5 heteroatoms. The lowest BCUT2D eigenvalue weighted by Gasteiger charge is -2.17. The maximum absolute atomic E-state index is 12.6. The number of hydrogen-bond acceptors (Lipinski definition) is 3. The topological polar surface area (TPSA) is 43.6 Å². The summed E-state index contributed by atoms with van der Waals surface area (Å²) in [7, 11) is 1.70. The molecule has 0 N–H and O–H groups in total. The Labute approximate surface area is 147 Å². The summed E-state index contributed by atoms with van der Waals surface area (Å²) in [5.41, 5.74) is 3.68. The van der Waals surface area contributed by atoms with E-state index in [9.17, 15) is 4.79 Å². The van der Waals surface area contributed by atoms with E-state index in [1.165, 1.54) is 22.2 Å². The predicted molar refractivity (Wildman–Crippen MR) is 98.3 cm³/mol. The molecule has 1 aromatic carbocycles. The van der Waals surface area contributed by atoms with Crippen molar-refractivity contribution in [3.63, 3.8) is 0 Å². The molecule has 0 atom stereocenters. The minimum Gasteiger partial charge on any atom is -0.383 e.